The average Bonchev–Trinajstić information content (AvgIpc) is 2.87. The van der Waals surface area contributed by atoms with Crippen molar-refractivity contribution < 1.29 is 23.8 Å². The molecule has 3 aromatic carbocycles. The summed E-state index contributed by atoms with van der Waals surface area (Å²) in [5.41, 5.74) is 2.21. The first-order valence-electron chi connectivity index (χ1n) is 10.9. The highest BCUT2D eigenvalue weighted by molar-refractivity contribution is 6.06. The van der Waals surface area contributed by atoms with Crippen molar-refractivity contribution in [3.05, 3.63) is 83.9 Å². The van der Waals surface area contributed by atoms with Crippen LogP contribution in [-0.2, 0) is 4.79 Å². The van der Waals surface area contributed by atoms with E-state index in [1.807, 2.05) is 30.3 Å². The van der Waals surface area contributed by atoms with Gasteiger partial charge in [-0.3, -0.25) is 9.59 Å². The maximum absolute atomic E-state index is 12.5. The lowest BCUT2D eigenvalue weighted by atomic mass is 10.2. The van der Waals surface area contributed by atoms with Crippen molar-refractivity contribution in [1.29, 1.82) is 0 Å². The van der Waals surface area contributed by atoms with E-state index in [4.69, 9.17) is 14.2 Å². The molecule has 0 aliphatic heterocycles. The van der Waals surface area contributed by atoms with Crippen LogP contribution in [0.25, 0.3) is 6.08 Å². The first-order valence-corrected chi connectivity index (χ1v) is 10.9. The molecular formula is C27H28N2O5. The first-order chi connectivity index (χ1) is 16.5. The molecule has 0 fully saturated rings. The van der Waals surface area contributed by atoms with Gasteiger partial charge in [-0.05, 0) is 42.3 Å². The van der Waals surface area contributed by atoms with Crippen LogP contribution >= 0.6 is 0 Å². The number of methoxy groups -OCH3 is 2. The quantitative estimate of drug-likeness (QED) is 0.396. The Morgan fingerprint density at radius 3 is 2.06 bits per heavy atom. The van der Waals surface area contributed by atoms with Gasteiger partial charge in [0.25, 0.3) is 5.91 Å². The van der Waals surface area contributed by atoms with E-state index < -0.39 is 0 Å². The third-order valence-electron chi connectivity index (χ3n) is 4.84. The predicted molar refractivity (Wildman–Crippen MR) is 134 cm³/mol. The fourth-order valence-corrected chi connectivity index (χ4v) is 3.12. The smallest absolute Gasteiger partial charge is 0.255 e. The van der Waals surface area contributed by atoms with Crippen molar-refractivity contribution in [2.75, 3.05) is 31.5 Å². The maximum Gasteiger partial charge on any atom is 0.255 e. The van der Waals surface area contributed by atoms with E-state index >= 15 is 0 Å². The minimum absolute atomic E-state index is 0.285. The molecule has 7 heteroatoms. The molecule has 0 aliphatic rings. The van der Waals surface area contributed by atoms with Crippen LogP contribution in [0.3, 0.4) is 0 Å². The number of nitrogens with one attached hydrogen (secondary N) is 2. The van der Waals surface area contributed by atoms with Gasteiger partial charge < -0.3 is 24.8 Å². The normalized spacial score (nSPS) is 10.6. The van der Waals surface area contributed by atoms with E-state index in [1.165, 1.54) is 20.3 Å². The monoisotopic (exact) mass is 460 g/mol. The van der Waals surface area contributed by atoms with Crippen LogP contribution in [0.4, 0.5) is 11.4 Å². The lowest BCUT2D eigenvalue weighted by Crippen LogP contribution is -2.14. The molecule has 3 aromatic rings. The molecule has 0 spiro atoms. The number of benzene rings is 3. The fourth-order valence-electron chi connectivity index (χ4n) is 3.12. The molecule has 0 bridgehead atoms. The van der Waals surface area contributed by atoms with Crippen LogP contribution in [0.2, 0.25) is 0 Å². The van der Waals surface area contributed by atoms with Crippen LogP contribution in [0.15, 0.2) is 72.8 Å². The first kappa shape index (κ1) is 24.4. The number of amides is 2. The Labute approximate surface area is 199 Å². The summed E-state index contributed by atoms with van der Waals surface area (Å²) in [5, 5.41) is 5.61. The van der Waals surface area contributed by atoms with Gasteiger partial charge in [-0.15, -0.1) is 0 Å². The standard InChI is InChI=1S/C27H28N2O5/c1-4-16-34-21-13-10-19(11-14-21)12-15-26(30)28-22-17-25(33-3)23(18-24(22)32-2)29-27(31)20-8-6-5-7-9-20/h5-15,17-18H,4,16H2,1-3H3,(H,28,30)(H,29,31)/b15-12+. The summed E-state index contributed by atoms with van der Waals surface area (Å²) >= 11 is 0. The second-order valence-corrected chi connectivity index (χ2v) is 7.31. The van der Waals surface area contributed by atoms with Gasteiger partial charge in [0.05, 0.1) is 32.2 Å². The SMILES string of the molecule is CCCOc1ccc(/C=C/C(=O)Nc2cc(OC)c(NC(=O)c3ccccc3)cc2OC)cc1. The Morgan fingerprint density at radius 1 is 0.853 bits per heavy atom. The van der Waals surface area contributed by atoms with E-state index in [-0.39, 0.29) is 11.8 Å². The highest BCUT2D eigenvalue weighted by Crippen LogP contribution is 2.36. The topological polar surface area (TPSA) is 85.9 Å². The molecular weight excluding hydrogens is 432 g/mol. The number of hydrogen-bond donors (Lipinski definition) is 2. The van der Waals surface area contributed by atoms with Crippen molar-refractivity contribution in [3.63, 3.8) is 0 Å². The third kappa shape index (κ3) is 6.62. The summed E-state index contributed by atoms with van der Waals surface area (Å²) in [6.45, 7) is 2.71. The zero-order valence-corrected chi connectivity index (χ0v) is 19.5. The Balaban J connectivity index is 1.71. The van der Waals surface area contributed by atoms with Gasteiger partial charge in [-0.25, -0.2) is 0 Å². The number of carbonyl (C=O) groups is 2. The van der Waals surface area contributed by atoms with Crippen LogP contribution < -0.4 is 24.8 Å². The summed E-state index contributed by atoms with van der Waals surface area (Å²) in [4.78, 5) is 25.1. The zero-order chi connectivity index (χ0) is 24.3. The molecule has 7 nitrogen and oxygen atoms in total. The third-order valence-corrected chi connectivity index (χ3v) is 4.84. The van der Waals surface area contributed by atoms with E-state index in [0.717, 1.165) is 17.7 Å². The number of anilines is 2. The fraction of sp³-hybridized carbons (Fsp3) is 0.185. The predicted octanol–water partition coefficient (Wildman–Crippen LogP) is 5.40. The summed E-state index contributed by atoms with van der Waals surface area (Å²) < 4.78 is 16.4. The molecule has 34 heavy (non-hydrogen) atoms. The van der Waals surface area contributed by atoms with Gasteiger partial charge in [-0.2, -0.15) is 0 Å². The number of hydrogen-bond acceptors (Lipinski definition) is 5. The molecule has 2 N–H and O–H groups in total. The summed E-state index contributed by atoms with van der Waals surface area (Å²) in [7, 11) is 2.97. The van der Waals surface area contributed by atoms with Crippen LogP contribution in [0.5, 0.6) is 17.2 Å². The Kier molecular flexibility index (Phi) is 8.68. The summed E-state index contributed by atoms with van der Waals surface area (Å²) in [6.07, 6.45) is 4.08. The molecule has 2 amide bonds. The van der Waals surface area contributed by atoms with Crippen LogP contribution in [-0.4, -0.2) is 32.6 Å². The van der Waals surface area contributed by atoms with Crippen molar-refractivity contribution in [2.45, 2.75) is 13.3 Å². The van der Waals surface area contributed by atoms with E-state index in [1.54, 1.807) is 42.5 Å². The average molecular weight is 461 g/mol. The van der Waals surface area contributed by atoms with Crippen LogP contribution in [0, 0.1) is 0 Å². The Hall–Kier alpha value is -4.26. The highest BCUT2D eigenvalue weighted by atomic mass is 16.5. The molecule has 3 rings (SSSR count). The second-order valence-electron chi connectivity index (χ2n) is 7.31. The Morgan fingerprint density at radius 2 is 1.47 bits per heavy atom. The minimum Gasteiger partial charge on any atom is -0.494 e. The van der Waals surface area contributed by atoms with Gasteiger partial charge >= 0.3 is 0 Å². The molecule has 0 saturated carbocycles. The van der Waals surface area contributed by atoms with Crippen molar-refractivity contribution in [1.82, 2.24) is 0 Å². The van der Waals surface area contributed by atoms with Gasteiger partial charge in [0, 0.05) is 23.8 Å². The van der Waals surface area contributed by atoms with E-state index in [9.17, 15) is 9.59 Å². The van der Waals surface area contributed by atoms with Gasteiger partial charge in [0.15, 0.2) is 0 Å². The van der Waals surface area contributed by atoms with Crippen molar-refractivity contribution >= 4 is 29.3 Å². The van der Waals surface area contributed by atoms with Gasteiger partial charge in [-0.1, -0.05) is 37.3 Å². The number of rotatable bonds is 10. The van der Waals surface area contributed by atoms with Crippen molar-refractivity contribution in [3.8, 4) is 17.2 Å². The van der Waals surface area contributed by atoms with Crippen molar-refractivity contribution in [2.24, 2.45) is 0 Å². The minimum atomic E-state index is -0.340. The van der Waals surface area contributed by atoms with E-state index in [2.05, 4.69) is 17.6 Å². The Bertz CT molecular complexity index is 1140. The van der Waals surface area contributed by atoms with Gasteiger partial charge in [0.1, 0.15) is 17.2 Å². The molecule has 0 radical (unpaired) electrons. The zero-order valence-electron chi connectivity index (χ0n) is 19.5. The number of carbonyl (C=O) groups excluding carboxylic acids is 2. The largest absolute Gasteiger partial charge is 0.494 e. The molecule has 0 aromatic heterocycles. The van der Waals surface area contributed by atoms with Gasteiger partial charge in [0.2, 0.25) is 5.91 Å². The molecule has 0 saturated heterocycles. The molecule has 0 aliphatic carbocycles. The molecule has 0 unspecified atom stereocenters. The lowest BCUT2D eigenvalue weighted by Gasteiger charge is -2.16. The van der Waals surface area contributed by atoms with E-state index in [0.29, 0.717) is 35.0 Å². The second kappa shape index (κ2) is 12.1. The maximum atomic E-state index is 12.5. The molecule has 0 atom stereocenters. The highest BCUT2D eigenvalue weighted by Gasteiger charge is 2.15. The molecule has 176 valence electrons. The lowest BCUT2D eigenvalue weighted by molar-refractivity contribution is -0.111. The summed E-state index contributed by atoms with van der Waals surface area (Å²) in [6, 6.07) is 19.5. The van der Waals surface area contributed by atoms with Crippen LogP contribution in [0.1, 0.15) is 29.3 Å². The number of ether oxygens (including phenoxy) is 3. The summed E-state index contributed by atoms with van der Waals surface area (Å²) in [5.74, 6) is 0.926. The molecule has 0 heterocycles.